The van der Waals surface area contributed by atoms with Gasteiger partial charge in [0.2, 0.25) is 11.8 Å². The van der Waals surface area contributed by atoms with Crippen molar-refractivity contribution in [2.24, 2.45) is 0 Å². The maximum Gasteiger partial charge on any atom is 0.408 e. The highest BCUT2D eigenvalue weighted by atomic mass is 32.2. The van der Waals surface area contributed by atoms with Crippen molar-refractivity contribution in [1.29, 1.82) is 0 Å². The Balaban J connectivity index is 3.37. The molecule has 0 bridgehead atoms. The molecular weight excluding hydrogens is 478 g/mol. The van der Waals surface area contributed by atoms with Gasteiger partial charge in [-0.15, -0.1) is 0 Å². The molecule has 8 nitrogen and oxygen atoms in total. The number of hydrogen-bond acceptors (Lipinski definition) is 6. The summed E-state index contributed by atoms with van der Waals surface area (Å²) in [4.78, 5) is 41.2. The van der Waals surface area contributed by atoms with Crippen molar-refractivity contribution >= 4 is 29.7 Å². The van der Waals surface area contributed by atoms with Crippen LogP contribution in [0.1, 0.15) is 76.1 Å². The molecule has 2 unspecified atom stereocenters. The minimum absolute atomic E-state index is 0.0510. The molecule has 3 amide bonds. The van der Waals surface area contributed by atoms with Crippen molar-refractivity contribution in [3.05, 3.63) is 34.9 Å². The second-order valence-corrected chi connectivity index (χ2v) is 11.0. The highest BCUT2D eigenvalue weighted by Crippen LogP contribution is 2.25. The Labute approximate surface area is 220 Å². The molecule has 0 fully saturated rings. The second-order valence-electron chi connectivity index (χ2n) is 9.98. The monoisotopic (exact) mass is 523 g/mol. The Kier molecular flexibility index (Phi) is 13.9. The molecule has 0 radical (unpaired) electrons. The molecule has 1 aromatic rings. The standard InChI is InChI=1S/C27H45N3O5S/c1-8-9-10-14-28-24(32)23(21-12-11-19(2)20(3)18-21)30(15-16-31)25(33)22(13-17-36-7)29-26(34)35-27(4,5)6/h11-12,18,22-23,31H,8-10,13-17H2,1-7H3,(H,28,32)(H,29,34). The first kappa shape index (κ1) is 31.8. The number of ether oxygens (including phenoxy) is 1. The number of carbonyl (C=O) groups is 3. The van der Waals surface area contributed by atoms with Gasteiger partial charge < -0.3 is 25.4 Å². The lowest BCUT2D eigenvalue weighted by molar-refractivity contribution is -0.143. The summed E-state index contributed by atoms with van der Waals surface area (Å²) in [5.74, 6) is -0.121. The summed E-state index contributed by atoms with van der Waals surface area (Å²) < 4.78 is 5.38. The van der Waals surface area contributed by atoms with E-state index in [4.69, 9.17) is 4.74 Å². The summed E-state index contributed by atoms with van der Waals surface area (Å²) in [6, 6.07) is 3.83. The van der Waals surface area contributed by atoms with E-state index in [9.17, 15) is 19.5 Å². The summed E-state index contributed by atoms with van der Waals surface area (Å²) in [6.07, 6.45) is 4.44. The van der Waals surface area contributed by atoms with Gasteiger partial charge in [0.1, 0.15) is 17.7 Å². The molecule has 0 aliphatic rings. The number of benzene rings is 1. The van der Waals surface area contributed by atoms with Gasteiger partial charge in [-0.2, -0.15) is 11.8 Å². The van der Waals surface area contributed by atoms with Gasteiger partial charge in [-0.1, -0.05) is 38.0 Å². The van der Waals surface area contributed by atoms with Gasteiger partial charge in [0.15, 0.2) is 0 Å². The van der Waals surface area contributed by atoms with E-state index in [0.717, 1.165) is 30.4 Å². The number of hydrogen-bond donors (Lipinski definition) is 3. The third-order valence-corrected chi connectivity index (χ3v) is 6.35. The second kappa shape index (κ2) is 15.8. The predicted octanol–water partition coefficient (Wildman–Crippen LogP) is 4.12. The van der Waals surface area contributed by atoms with Crippen molar-refractivity contribution in [3.63, 3.8) is 0 Å². The SMILES string of the molecule is CCCCCNC(=O)C(c1ccc(C)c(C)c1)N(CCO)C(=O)C(CCSC)NC(=O)OC(C)(C)C. The molecule has 0 saturated heterocycles. The van der Waals surface area contributed by atoms with Crippen LogP contribution in [-0.4, -0.2) is 71.3 Å². The Morgan fingerprint density at radius 3 is 2.39 bits per heavy atom. The van der Waals surface area contributed by atoms with Crippen LogP contribution < -0.4 is 10.6 Å². The van der Waals surface area contributed by atoms with Crippen LogP contribution in [0, 0.1) is 13.8 Å². The number of nitrogens with zero attached hydrogens (tertiary/aromatic N) is 1. The average Bonchev–Trinajstić information content (AvgIpc) is 2.79. The molecule has 1 aromatic carbocycles. The maximum atomic E-state index is 13.8. The van der Waals surface area contributed by atoms with E-state index in [2.05, 4.69) is 17.6 Å². The van der Waals surface area contributed by atoms with Crippen LogP contribution in [0.2, 0.25) is 0 Å². The first-order valence-corrected chi connectivity index (χ1v) is 14.1. The number of nitrogens with one attached hydrogen (secondary N) is 2. The van der Waals surface area contributed by atoms with Gasteiger partial charge in [-0.25, -0.2) is 4.79 Å². The fourth-order valence-electron chi connectivity index (χ4n) is 3.71. The van der Waals surface area contributed by atoms with E-state index in [1.165, 1.54) is 4.90 Å². The zero-order valence-corrected chi connectivity index (χ0v) is 23.8. The summed E-state index contributed by atoms with van der Waals surface area (Å²) in [5.41, 5.74) is 2.01. The van der Waals surface area contributed by atoms with E-state index in [1.807, 2.05) is 38.3 Å². The van der Waals surface area contributed by atoms with Crippen LogP contribution >= 0.6 is 11.8 Å². The van der Waals surface area contributed by atoms with Crippen molar-refractivity contribution in [2.75, 3.05) is 31.7 Å². The maximum absolute atomic E-state index is 13.8. The Hall–Kier alpha value is -2.26. The number of thioether (sulfide) groups is 1. The zero-order valence-electron chi connectivity index (χ0n) is 23.0. The highest BCUT2D eigenvalue weighted by molar-refractivity contribution is 7.98. The molecule has 0 spiro atoms. The predicted molar refractivity (Wildman–Crippen MR) is 146 cm³/mol. The fourth-order valence-corrected chi connectivity index (χ4v) is 4.18. The number of carbonyl (C=O) groups excluding carboxylic acids is 3. The molecule has 0 aromatic heterocycles. The zero-order chi connectivity index (χ0) is 27.3. The van der Waals surface area contributed by atoms with E-state index in [0.29, 0.717) is 24.3 Å². The van der Waals surface area contributed by atoms with Gasteiger partial charge in [0.25, 0.3) is 0 Å². The average molecular weight is 524 g/mol. The van der Waals surface area contributed by atoms with Crippen LogP contribution in [0.5, 0.6) is 0 Å². The number of unbranched alkanes of at least 4 members (excludes halogenated alkanes) is 2. The number of amides is 3. The molecule has 0 heterocycles. The summed E-state index contributed by atoms with van der Waals surface area (Å²) >= 11 is 1.55. The Bertz CT molecular complexity index is 856. The molecular formula is C27H45N3O5S. The first-order valence-electron chi connectivity index (χ1n) is 12.7. The molecule has 36 heavy (non-hydrogen) atoms. The lowest BCUT2D eigenvalue weighted by Gasteiger charge is -2.34. The Morgan fingerprint density at radius 1 is 1.14 bits per heavy atom. The third kappa shape index (κ3) is 10.8. The number of rotatable bonds is 14. The van der Waals surface area contributed by atoms with Crippen molar-refractivity contribution in [1.82, 2.24) is 15.5 Å². The van der Waals surface area contributed by atoms with Crippen molar-refractivity contribution in [2.45, 2.75) is 84.9 Å². The summed E-state index contributed by atoms with van der Waals surface area (Å²) in [5, 5.41) is 15.5. The van der Waals surface area contributed by atoms with E-state index in [-0.39, 0.29) is 19.1 Å². The molecule has 0 aliphatic heterocycles. The van der Waals surface area contributed by atoms with Gasteiger partial charge in [0, 0.05) is 13.1 Å². The van der Waals surface area contributed by atoms with Gasteiger partial charge >= 0.3 is 6.09 Å². The van der Waals surface area contributed by atoms with Gasteiger partial charge in [-0.05, 0) is 76.2 Å². The number of aliphatic hydroxyl groups is 1. The quantitative estimate of drug-likeness (QED) is 0.317. The van der Waals surface area contributed by atoms with Crippen LogP contribution in [0.3, 0.4) is 0 Å². The number of aliphatic hydroxyl groups excluding tert-OH is 1. The van der Waals surface area contributed by atoms with E-state index in [1.54, 1.807) is 32.5 Å². The van der Waals surface area contributed by atoms with Crippen molar-refractivity contribution < 1.29 is 24.2 Å². The fraction of sp³-hybridized carbons (Fsp3) is 0.667. The molecule has 1 rings (SSSR count). The van der Waals surface area contributed by atoms with Crippen molar-refractivity contribution in [3.8, 4) is 0 Å². The van der Waals surface area contributed by atoms with Gasteiger partial charge in [0.05, 0.1) is 6.61 Å². The molecule has 0 saturated carbocycles. The molecule has 3 N–H and O–H groups in total. The molecule has 0 aliphatic carbocycles. The third-order valence-electron chi connectivity index (χ3n) is 5.71. The first-order chi connectivity index (χ1) is 16.9. The van der Waals surface area contributed by atoms with Crippen LogP contribution in [0.25, 0.3) is 0 Å². The largest absolute Gasteiger partial charge is 0.444 e. The van der Waals surface area contributed by atoms with Crippen LogP contribution in [0.4, 0.5) is 4.79 Å². The molecule has 204 valence electrons. The Morgan fingerprint density at radius 2 is 1.83 bits per heavy atom. The number of alkyl carbamates (subject to hydrolysis) is 1. The van der Waals surface area contributed by atoms with E-state index < -0.39 is 29.7 Å². The minimum atomic E-state index is -0.942. The lowest BCUT2D eigenvalue weighted by Crippen LogP contribution is -2.54. The van der Waals surface area contributed by atoms with Crippen LogP contribution in [0.15, 0.2) is 18.2 Å². The smallest absolute Gasteiger partial charge is 0.408 e. The van der Waals surface area contributed by atoms with Crippen LogP contribution in [-0.2, 0) is 14.3 Å². The lowest BCUT2D eigenvalue weighted by atomic mass is 9.98. The van der Waals surface area contributed by atoms with E-state index >= 15 is 0 Å². The highest BCUT2D eigenvalue weighted by Gasteiger charge is 2.36. The number of aryl methyl sites for hydroxylation is 2. The normalized spacial score (nSPS) is 13.0. The molecule has 9 heteroatoms. The minimum Gasteiger partial charge on any atom is -0.444 e. The van der Waals surface area contributed by atoms with Gasteiger partial charge in [-0.3, -0.25) is 9.59 Å². The topological polar surface area (TPSA) is 108 Å². The molecule has 2 atom stereocenters. The summed E-state index contributed by atoms with van der Waals surface area (Å²) in [6.45, 7) is 11.4. The summed E-state index contributed by atoms with van der Waals surface area (Å²) in [7, 11) is 0.